The second-order valence-electron chi connectivity index (χ2n) is 10.7. The SMILES string of the molecule is Cc1nc(C(F)(F)F)cc(-c2ccnc3cc(CN4C(=O)C5C(C4=O)C5(C)C)sc23)c1NC(O)c1cccnc1. The van der Waals surface area contributed by atoms with Gasteiger partial charge in [-0.1, -0.05) is 19.9 Å². The Labute approximate surface area is 230 Å². The van der Waals surface area contributed by atoms with Crippen LogP contribution >= 0.6 is 11.3 Å². The summed E-state index contributed by atoms with van der Waals surface area (Å²) >= 11 is 1.26. The number of thiophene rings is 1. The van der Waals surface area contributed by atoms with E-state index < -0.39 is 18.1 Å². The van der Waals surface area contributed by atoms with Gasteiger partial charge in [0, 0.05) is 40.2 Å². The number of pyridine rings is 3. The lowest BCUT2D eigenvalue weighted by atomic mass is 10.0. The number of fused-ring (bicyclic) bond motifs is 2. The van der Waals surface area contributed by atoms with Crippen LogP contribution in [0.1, 0.15) is 41.9 Å². The number of aliphatic hydroxyl groups excluding tert-OH is 1. The lowest BCUT2D eigenvalue weighted by Crippen LogP contribution is -2.35. The van der Waals surface area contributed by atoms with E-state index in [2.05, 4.69) is 20.3 Å². The average molecular weight is 568 g/mol. The predicted octanol–water partition coefficient (Wildman–Crippen LogP) is 5.32. The molecule has 1 aliphatic carbocycles. The van der Waals surface area contributed by atoms with E-state index in [-0.39, 0.29) is 52.6 Å². The van der Waals surface area contributed by atoms with Gasteiger partial charge < -0.3 is 10.4 Å². The van der Waals surface area contributed by atoms with Crippen LogP contribution in [0.25, 0.3) is 21.3 Å². The monoisotopic (exact) mass is 567 g/mol. The molecule has 0 radical (unpaired) electrons. The number of aryl methyl sites for hydroxylation is 1. The normalized spacial score (nSPS) is 20.6. The van der Waals surface area contributed by atoms with Gasteiger partial charge in [-0.15, -0.1) is 11.3 Å². The number of imide groups is 1. The fourth-order valence-electron chi connectivity index (χ4n) is 5.56. The van der Waals surface area contributed by atoms with E-state index in [1.807, 2.05) is 13.8 Å². The van der Waals surface area contributed by atoms with E-state index in [9.17, 15) is 27.9 Å². The third kappa shape index (κ3) is 4.22. The lowest BCUT2D eigenvalue weighted by molar-refractivity contribution is -0.144. The number of carbonyl (C=O) groups is 2. The molecule has 4 aromatic heterocycles. The topological polar surface area (TPSA) is 108 Å². The minimum Gasteiger partial charge on any atom is -0.369 e. The Morgan fingerprint density at radius 1 is 1.12 bits per heavy atom. The number of carbonyl (C=O) groups excluding carboxylic acids is 2. The van der Waals surface area contributed by atoms with E-state index >= 15 is 0 Å². The zero-order valence-electron chi connectivity index (χ0n) is 21.7. The fraction of sp³-hybridized carbons (Fsp3) is 0.321. The van der Waals surface area contributed by atoms with Crippen LogP contribution in [0.3, 0.4) is 0 Å². The number of rotatable bonds is 6. The van der Waals surface area contributed by atoms with Crippen molar-refractivity contribution in [3.63, 3.8) is 0 Å². The molecule has 3 atom stereocenters. The van der Waals surface area contributed by atoms with Crippen molar-refractivity contribution in [1.29, 1.82) is 0 Å². The van der Waals surface area contributed by atoms with Crippen LogP contribution in [0.2, 0.25) is 0 Å². The van der Waals surface area contributed by atoms with Gasteiger partial charge in [-0.2, -0.15) is 13.2 Å². The van der Waals surface area contributed by atoms with Gasteiger partial charge in [-0.05, 0) is 36.6 Å². The summed E-state index contributed by atoms with van der Waals surface area (Å²) in [6.07, 6.45) is -1.47. The number of nitrogens with zero attached hydrogens (tertiary/aromatic N) is 4. The fourth-order valence-corrected chi connectivity index (χ4v) is 6.69. The predicted molar refractivity (Wildman–Crippen MR) is 142 cm³/mol. The van der Waals surface area contributed by atoms with Crippen LogP contribution < -0.4 is 5.32 Å². The van der Waals surface area contributed by atoms with Crippen LogP contribution in [0.5, 0.6) is 0 Å². The summed E-state index contributed by atoms with van der Waals surface area (Å²) in [5, 5.41) is 13.7. The number of halogens is 3. The maximum absolute atomic E-state index is 13.8. The Balaban J connectivity index is 1.41. The van der Waals surface area contributed by atoms with Gasteiger partial charge in [-0.25, -0.2) is 4.98 Å². The highest BCUT2D eigenvalue weighted by atomic mass is 32.1. The maximum Gasteiger partial charge on any atom is 0.433 e. The van der Waals surface area contributed by atoms with Crippen LogP contribution in [-0.4, -0.2) is 36.8 Å². The first kappa shape index (κ1) is 26.3. The van der Waals surface area contributed by atoms with E-state index in [4.69, 9.17) is 0 Å². The summed E-state index contributed by atoms with van der Waals surface area (Å²) in [5.74, 6) is -0.991. The Bertz CT molecular complexity index is 1650. The summed E-state index contributed by atoms with van der Waals surface area (Å²) in [6.45, 7) is 5.34. The van der Waals surface area contributed by atoms with Crippen molar-refractivity contribution in [2.45, 2.75) is 39.7 Å². The average Bonchev–Trinajstić information content (AvgIpc) is 3.15. The summed E-state index contributed by atoms with van der Waals surface area (Å²) in [7, 11) is 0. The summed E-state index contributed by atoms with van der Waals surface area (Å²) < 4.78 is 42.0. The number of amides is 2. The van der Waals surface area contributed by atoms with Crippen LogP contribution in [0, 0.1) is 24.2 Å². The Morgan fingerprint density at radius 3 is 2.50 bits per heavy atom. The van der Waals surface area contributed by atoms with E-state index in [0.29, 0.717) is 26.2 Å². The van der Waals surface area contributed by atoms with Crippen molar-refractivity contribution in [3.05, 3.63) is 70.8 Å². The molecule has 206 valence electrons. The van der Waals surface area contributed by atoms with Crippen LogP contribution in [0.15, 0.2) is 48.9 Å². The summed E-state index contributed by atoms with van der Waals surface area (Å²) in [4.78, 5) is 39.8. The number of aliphatic hydroxyl groups is 1. The minimum atomic E-state index is -4.70. The lowest BCUT2D eigenvalue weighted by Gasteiger charge is -2.21. The molecule has 0 bridgehead atoms. The van der Waals surface area contributed by atoms with E-state index in [1.165, 1.54) is 35.6 Å². The van der Waals surface area contributed by atoms with Gasteiger partial charge in [0.1, 0.15) is 5.69 Å². The van der Waals surface area contributed by atoms with Gasteiger partial charge in [0.2, 0.25) is 11.8 Å². The first-order valence-electron chi connectivity index (χ1n) is 12.5. The molecular weight excluding hydrogens is 543 g/mol. The second kappa shape index (κ2) is 9.07. The van der Waals surface area contributed by atoms with Crippen molar-refractivity contribution in [2.24, 2.45) is 17.3 Å². The van der Waals surface area contributed by atoms with Crippen molar-refractivity contribution in [1.82, 2.24) is 19.9 Å². The standard InChI is InChI=1S/C28H24F3N5O3S/c1-13-22(35-24(37)14-5-4-7-32-11-14)17(10-19(34-13)28(29,30)31)16-6-8-33-18-9-15(40-23(16)18)12-36-25(38)20-21(26(36)39)27(20,2)3/h4-11,20-21,24,35,37H,12H2,1-3H3. The molecule has 6 rings (SSSR count). The number of hydrogen-bond acceptors (Lipinski definition) is 8. The molecule has 2 N–H and O–H groups in total. The molecule has 12 heteroatoms. The zero-order valence-corrected chi connectivity index (χ0v) is 22.5. The molecule has 1 aliphatic heterocycles. The summed E-state index contributed by atoms with van der Waals surface area (Å²) in [5.41, 5.74) is 0.442. The number of alkyl halides is 3. The van der Waals surface area contributed by atoms with Gasteiger partial charge in [0.15, 0.2) is 6.23 Å². The Kier molecular flexibility index (Phi) is 5.97. The number of anilines is 1. The number of likely N-dealkylation sites (tertiary alicyclic amines) is 1. The van der Waals surface area contributed by atoms with Crippen molar-refractivity contribution in [3.8, 4) is 11.1 Å². The van der Waals surface area contributed by atoms with E-state index in [1.54, 1.807) is 30.5 Å². The maximum atomic E-state index is 13.8. The molecule has 40 heavy (non-hydrogen) atoms. The number of piperidine rings is 1. The Hall–Kier alpha value is -3.90. The first-order chi connectivity index (χ1) is 18.9. The highest BCUT2D eigenvalue weighted by molar-refractivity contribution is 7.19. The Morgan fingerprint density at radius 2 is 1.85 bits per heavy atom. The highest BCUT2D eigenvalue weighted by Gasteiger charge is 2.72. The molecule has 2 amide bonds. The zero-order chi connectivity index (χ0) is 28.6. The molecular formula is C28H24F3N5O3S. The van der Waals surface area contributed by atoms with Crippen molar-refractivity contribution in [2.75, 3.05) is 5.32 Å². The van der Waals surface area contributed by atoms with Gasteiger partial charge in [0.25, 0.3) is 0 Å². The second-order valence-corrected chi connectivity index (χ2v) is 11.8. The molecule has 4 aromatic rings. The van der Waals surface area contributed by atoms with Crippen molar-refractivity contribution >= 4 is 39.1 Å². The highest BCUT2D eigenvalue weighted by Crippen LogP contribution is 2.63. The number of hydrogen-bond donors (Lipinski definition) is 2. The molecule has 2 aliphatic rings. The summed E-state index contributed by atoms with van der Waals surface area (Å²) in [6, 6.07) is 7.57. The van der Waals surface area contributed by atoms with Gasteiger partial charge >= 0.3 is 6.18 Å². The molecule has 8 nitrogen and oxygen atoms in total. The largest absolute Gasteiger partial charge is 0.433 e. The first-order valence-corrected chi connectivity index (χ1v) is 13.4. The number of nitrogens with one attached hydrogen (secondary N) is 1. The molecule has 2 fully saturated rings. The van der Waals surface area contributed by atoms with Gasteiger partial charge in [0.05, 0.1) is 40.0 Å². The van der Waals surface area contributed by atoms with Crippen molar-refractivity contribution < 1.29 is 27.9 Å². The quantitative estimate of drug-likeness (QED) is 0.240. The smallest absolute Gasteiger partial charge is 0.369 e. The van der Waals surface area contributed by atoms with E-state index in [0.717, 1.165) is 6.07 Å². The molecule has 0 aromatic carbocycles. The molecule has 5 heterocycles. The number of aromatic nitrogens is 3. The van der Waals surface area contributed by atoms with Gasteiger partial charge in [-0.3, -0.25) is 24.5 Å². The van der Waals surface area contributed by atoms with Crippen LogP contribution in [-0.2, 0) is 22.3 Å². The minimum absolute atomic E-state index is 0.0459. The molecule has 3 unspecified atom stereocenters. The third-order valence-electron chi connectivity index (χ3n) is 7.73. The molecule has 1 saturated carbocycles. The van der Waals surface area contributed by atoms with Crippen LogP contribution in [0.4, 0.5) is 18.9 Å². The third-order valence-corrected chi connectivity index (χ3v) is 8.87. The molecule has 1 saturated heterocycles. The molecule has 0 spiro atoms.